The number of nitrogens with one attached hydrogen (secondary N) is 2. The highest BCUT2D eigenvalue weighted by molar-refractivity contribution is 6.21. The van der Waals surface area contributed by atoms with Crippen LogP contribution in [0.15, 0.2) is 60.9 Å². The first-order valence-electron chi connectivity index (χ1n) is 11.7. The summed E-state index contributed by atoms with van der Waals surface area (Å²) >= 11 is 0. The Morgan fingerprint density at radius 3 is 2.30 bits per heavy atom. The maximum absolute atomic E-state index is 5.18. The molecule has 0 amide bonds. The molecule has 6 nitrogen and oxygen atoms in total. The Morgan fingerprint density at radius 2 is 1.45 bits per heavy atom. The summed E-state index contributed by atoms with van der Waals surface area (Å²) in [5.41, 5.74) is 7.31. The zero-order valence-corrected chi connectivity index (χ0v) is 18.3. The molecule has 1 saturated heterocycles. The summed E-state index contributed by atoms with van der Waals surface area (Å²) in [6.45, 7) is 3.22. The molecule has 2 N–H and O–H groups in total. The number of rotatable bonds is 3. The standard InChI is InChI=1S/C27H24N6/c1-4-14-33(15-5-1)16-21-22(17-8-2-3-11-20(17)30-21)27-31-25-18-9-6-12-28-23(18)24-19(26(25)32-27)10-7-13-29-24/h2-3,6-13,30H,1,4-5,14-16H2,(H,31,32). The summed E-state index contributed by atoms with van der Waals surface area (Å²) < 4.78 is 0. The van der Waals surface area contributed by atoms with Gasteiger partial charge in [-0.2, -0.15) is 0 Å². The summed E-state index contributed by atoms with van der Waals surface area (Å²) in [7, 11) is 0. The fraction of sp³-hybridized carbons (Fsp3) is 0.222. The van der Waals surface area contributed by atoms with E-state index in [1.54, 1.807) is 0 Å². The van der Waals surface area contributed by atoms with Crippen LogP contribution < -0.4 is 0 Å². The first-order valence-corrected chi connectivity index (χ1v) is 11.7. The third kappa shape index (κ3) is 2.94. The molecule has 0 atom stereocenters. The minimum atomic E-state index is 0.895. The number of fused-ring (bicyclic) bond motifs is 7. The van der Waals surface area contributed by atoms with Crippen LogP contribution in [0.25, 0.3) is 55.1 Å². The molecule has 5 heterocycles. The SMILES string of the molecule is c1ccc2c(-c3nc4c5cccnc5c5ncccc5c4[nH]3)c(CN3CCCCC3)[nH]c2c1. The summed E-state index contributed by atoms with van der Waals surface area (Å²) in [6, 6.07) is 16.7. The Hall–Kier alpha value is -3.77. The molecule has 0 spiro atoms. The van der Waals surface area contributed by atoms with Crippen LogP contribution in [0.4, 0.5) is 0 Å². The smallest absolute Gasteiger partial charge is 0.141 e. The van der Waals surface area contributed by atoms with Gasteiger partial charge in [-0.3, -0.25) is 14.9 Å². The van der Waals surface area contributed by atoms with Crippen LogP contribution in [-0.4, -0.2) is 42.9 Å². The molecule has 0 radical (unpaired) electrons. The second-order valence-corrected chi connectivity index (χ2v) is 8.97. The molecule has 6 heteroatoms. The summed E-state index contributed by atoms with van der Waals surface area (Å²) in [4.78, 5) is 24.4. The molecule has 1 aliphatic rings. The second-order valence-electron chi connectivity index (χ2n) is 8.97. The number of imidazole rings is 1. The van der Waals surface area contributed by atoms with Crippen molar-refractivity contribution in [2.45, 2.75) is 25.8 Å². The quantitative estimate of drug-likeness (QED) is 0.347. The van der Waals surface area contributed by atoms with Crippen LogP contribution in [0.2, 0.25) is 0 Å². The van der Waals surface area contributed by atoms with Gasteiger partial charge in [-0.15, -0.1) is 0 Å². The fourth-order valence-corrected chi connectivity index (χ4v) is 5.39. The van der Waals surface area contributed by atoms with Crippen LogP contribution >= 0.6 is 0 Å². The zero-order chi connectivity index (χ0) is 21.8. The number of likely N-dealkylation sites (tertiary alicyclic amines) is 1. The zero-order valence-electron chi connectivity index (χ0n) is 18.3. The van der Waals surface area contributed by atoms with E-state index in [9.17, 15) is 0 Å². The lowest BCUT2D eigenvalue weighted by Crippen LogP contribution is -2.29. The molecule has 162 valence electrons. The molecule has 2 aromatic carbocycles. The number of aromatic nitrogens is 5. The van der Waals surface area contributed by atoms with Gasteiger partial charge in [-0.25, -0.2) is 4.98 Å². The lowest BCUT2D eigenvalue weighted by atomic mass is 10.1. The molecule has 0 unspecified atom stereocenters. The van der Waals surface area contributed by atoms with Gasteiger partial charge < -0.3 is 9.97 Å². The van der Waals surface area contributed by atoms with E-state index in [0.717, 1.165) is 63.8 Å². The van der Waals surface area contributed by atoms with E-state index in [2.05, 4.69) is 61.2 Å². The number of pyridine rings is 2. The van der Waals surface area contributed by atoms with Crippen LogP contribution in [0.3, 0.4) is 0 Å². The molecular formula is C27H24N6. The number of H-pyrrole nitrogens is 2. The molecule has 1 aliphatic heterocycles. The van der Waals surface area contributed by atoms with Crippen molar-refractivity contribution in [3.63, 3.8) is 0 Å². The van der Waals surface area contributed by atoms with E-state index in [-0.39, 0.29) is 0 Å². The Morgan fingerprint density at radius 1 is 0.727 bits per heavy atom. The van der Waals surface area contributed by atoms with Crippen LogP contribution in [0.5, 0.6) is 0 Å². The van der Waals surface area contributed by atoms with Crippen molar-refractivity contribution in [2.24, 2.45) is 0 Å². The van der Waals surface area contributed by atoms with Crippen LogP contribution in [-0.2, 0) is 6.54 Å². The molecule has 33 heavy (non-hydrogen) atoms. The Labute approximate surface area is 190 Å². The van der Waals surface area contributed by atoms with E-state index in [1.807, 2.05) is 24.5 Å². The van der Waals surface area contributed by atoms with Gasteiger partial charge in [-0.05, 0) is 56.3 Å². The fourth-order valence-electron chi connectivity index (χ4n) is 5.39. The molecule has 0 aliphatic carbocycles. The average molecular weight is 433 g/mol. The van der Waals surface area contributed by atoms with E-state index in [4.69, 9.17) is 4.98 Å². The van der Waals surface area contributed by atoms with Gasteiger partial charge >= 0.3 is 0 Å². The van der Waals surface area contributed by atoms with Crippen molar-refractivity contribution in [1.29, 1.82) is 0 Å². The van der Waals surface area contributed by atoms with Gasteiger partial charge in [0.1, 0.15) is 5.82 Å². The van der Waals surface area contributed by atoms with E-state index in [1.165, 1.54) is 35.9 Å². The predicted molar refractivity (Wildman–Crippen MR) is 133 cm³/mol. The lowest BCUT2D eigenvalue weighted by molar-refractivity contribution is 0.219. The Bertz CT molecular complexity index is 1560. The minimum absolute atomic E-state index is 0.895. The minimum Gasteiger partial charge on any atom is -0.357 e. The Balaban J connectivity index is 1.50. The average Bonchev–Trinajstić information content (AvgIpc) is 3.46. The van der Waals surface area contributed by atoms with Gasteiger partial charge in [0.05, 0.1) is 22.1 Å². The topological polar surface area (TPSA) is 73.5 Å². The second kappa shape index (κ2) is 7.39. The first-order chi connectivity index (χ1) is 16.4. The van der Waals surface area contributed by atoms with Crippen LogP contribution in [0.1, 0.15) is 25.0 Å². The maximum atomic E-state index is 5.18. The summed E-state index contributed by atoms with van der Waals surface area (Å²) in [5, 5.41) is 3.28. The van der Waals surface area contributed by atoms with Gasteiger partial charge in [0, 0.05) is 51.9 Å². The number of nitrogens with zero attached hydrogens (tertiary/aromatic N) is 4. The van der Waals surface area contributed by atoms with Crippen molar-refractivity contribution in [3.05, 3.63) is 66.6 Å². The maximum Gasteiger partial charge on any atom is 0.141 e. The molecule has 7 rings (SSSR count). The third-order valence-corrected chi connectivity index (χ3v) is 6.92. The van der Waals surface area contributed by atoms with Gasteiger partial charge in [0.15, 0.2) is 0 Å². The molecule has 0 saturated carbocycles. The van der Waals surface area contributed by atoms with E-state index in [0.29, 0.717) is 0 Å². The number of hydrogen-bond acceptors (Lipinski definition) is 4. The number of piperidine rings is 1. The number of benzene rings is 2. The molecule has 4 aromatic heterocycles. The lowest BCUT2D eigenvalue weighted by Gasteiger charge is -2.26. The highest BCUT2D eigenvalue weighted by Crippen LogP contribution is 2.37. The highest BCUT2D eigenvalue weighted by Gasteiger charge is 2.21. The van der Waals surface area contributed by atoms with Gasteiger partial charge in [0.25, 0.3) is 0 Å². The number of hydrogen-bond donors (Lipinski definition) is 2. The first kappa shape index (κ1) is 18.8. The van der Waals surface area contributed by atoms with Crippen molar-refractivity contribution in [1.82, 2.24) is 29.8 Å². The summed E-state index contributed by atoms with van der Waals surface area (Å²) in [5.74, 6) is 0.899. The number of aromatic amines is 2. The van der Waals surface area contributed by atoms with Crippen molar-refractivity contribution in [3.8, 4) is 11.4 Å². The molecule has 1 fully saturated rings. The van der Waals surface area contributed by atoms with Gasteiger partial charge in [0.2, 0.25) is 0 Å². The molecule has 0 bridgehead atoms. The van der Waals surface area contributed by atoms with E-state index >= 15 is 0 Å². The third-order valence-electron chi connectivity index (χ3n) is 6.92. The largest absolute Gasteiger partial charge is 0.357 e. The van der Waals surface area contributed by atoms with Gasteiger partial charge in [-0.1, -0.05) is 24.6 Å². The summed E-state index contributed by atoms with van der Waals surface area (Å²) in [6.07, 6.45) is 7.54. The predicted octanol–water partition coefficient (Wildman–Crippen LogP) is 5.79. The van der Waals surface area contributed by atoms with Crippen molar-refractivity contribution >= 4 is 43.7 Å². The number of para-hydroxylation sites is 1. The Kier molecular flexibility index (Phi) is 4.20. The van der Waals surface area contributed by atoms with Crippen molar-refractivity contribution in [2.75, 3.05) is 13.1 Å². The van der Waals surface area contributed by atoms with E-state index < -0.39 is 0 Å². The highest BCUT2D eigenvalue weighted by atomic mass is 15.1. The molecular weight excluding hydrogens is 408 g/mol. The van der Waals surface area contributed by atoms with Crippen molar-refractivity contribution < 1.29 is 0 Å². The van der Waals surface area contributed by atoms with Crippen LogP contribution in [0, 0.1) is 0 Å². The monoisotopic (exact) mass is 432 g/mol. The molecule has 6 aromatic rings. The normalized spacial score (nSPS) is 15.3.